The van der Waals surface area contributed by atoms with Crippen molar-refractivity contribution in [3.63, 3.8) is 0 Å². The first-order valence-electron chi connectivity index (χ1n) is 13.1. The molecular formula is C28H34N6O. The highest BCUT2D eigenvalue weighted by molar-refractivity contribution is 5.96. The average Bonchev–Trinajstić information content (AvgIpc) is 3.54. The normalized spacial score (nSPS) is 22.4. The van der Waals surface area contributed by atoms with Gasteiger partial charge in [-0.25, -0.2) is 9.50 Å². The number of hydrogen-bond donors (Lipinski definition) is 0. The van der Waals surface area contributed by atoms with Crippen molar-refractivity contribution in [2.45, 2.75) is 70.4 Å². The first kappa shape index (κ1) is 22.3. The van der Waals surface area contributed by atoms with Crippen molar-refractivity contribution in [2.75, 3.05) is 24.5 Å². The first-order chi connectivity index (χ1) is 17.1. The zero-order valence-electron chi connectivity index (χ0n) is 20.6. The van der Waals surface area contributed by atoms with E-state index in [1.54, 1.807) is 0 Å². The van der Waals surface area contributed by atoms with E-state index in [1.165, 1.54) is 24.0 Å². The maximum atomic E-state index is 13.9. The molecule has 0 bridgehead atoms. The number of aliphatic imine (C=N–C) groups is 1. The minimum absolute atomic E-state index is 0.0118. The molecule has 4 heterocycles. The van der Waals surface area contributed by atoms with Gasteiger partial charge in [0, 0.05) is 43.0 Å². The number of rotatable bonds is 4. The number of benzene rings is 1. The molecule has 1 amide bonds. The Hall–Kier alpha value is -3.22. The van der Waals surface area contributed by atoms with Gasteiger partial charge in [-0.1, -0.05) is 12.1 Å². The Morgan fingerprint density at radius 3 is 2.86 bits per heavy atom. The van der Waals surface area contributed by atoms with E-state index in [0.717, 1.165) is 86.4 Å². The minimum Gasteiger partial charge on any atom is -0.354 e. The summed E-state index contributed by atoms with van der Waals surface area (Å²) in [6.07, 6.45) is 10.7. The second-order valence-corrected chi connectivity index (χ2v) is 10.4. The minimum atomic E-state index is -0.0118. The van der Waals surface area contributed by atoms with Gasteiger partial charge in [-0.05, 0) is 82.2 Å². The van der Waals surface area contributed by atoms with Crippen molar-refractivity contribution in [1.29, 1.82) is 0 Å². The number of carbonyl (C=O) groups excluding carboxylic acids is 1. The molecule has 2 saturated heterocycles. The lowest BCUT2D eigenvalue weighted by Crippen LogP contribution is -2.39. The van der Waals surface area contributed by atoms with Gasteiger partial charge in [0.25, 0.3) is 5.91 Å². The van der Waals surface area contributed by atoms with Crippen LogP contribution in [0.4, 0.5) is 5.82 Å². The van der Waals surface area contributed by atoms with Gasteiger partial charge in [0.15, 0.2) is 5.65 Å². The number of piperidine rings is 1. The van der Waals surface area contributed by atoms with E-state index in [1.807, 2.05) is 10.6 Å². The summed E-state index contributed by atoms with van der Waals surface area (Å²) in [6, 6.07) is 8.63. The predicted molar refractivity (Wildman–Crippen MR) is 139 cm³/mol. The number of aryl methyl sites for hydroxylation is 2. The average molecular weight is 471 g/mol. The smallest absolute Gasteiger partial charge is 0.254 e. The molecule has 0 N–H and O–H groups in total. The van der Waals surface area contributed by atoms with Gasteiger partial charge >= 0.3 is 0 Å². The Labute approximate surface area is 206 Å². The molecule has 35 heavy (non-hydrogen) atoms. The van der Waals surface area contributed by atoms with E-state index in [9.17, 15) is 4.79 Å². The van der Waals surface area contributed by atoms with Gasteiger partial charge in [0.05, 0.1) is 17.8 Å². The lowest BCUT2D eigenvalue weighted by molar-refractivity contribution is 0.0604. The molecular weight excluding hydrogens is 436 g/mol. The first-order valence-corrected chi connectivity index (χ1v) is 13.1. The van der Waals surface area contributed by atoms with Crippen molar-refractivity contribution >= 4 is 24.1 Å². The van der Waals surface area contributed by atoms with Crippen LogP contribution in [0.15, 0.2) is 35.5 Å². The highest BCUT2D eigenvalue weighted by Gasteiger charge is 2.32. The molecule has 3 aliphatic rings. The molecule has 7 heteroatoms. The fourth-order valence-corrected chi connectivity index (χ4v) is 6.20. The summed E-state index contributed by atoms with van der Waals surface area (Å²) in [7, 11) is 0. The molecule has 0 spiro atoms. The molecule has 0 saturated carbocycles. The summed E-state index contributed by atoms with van der Waals surface area (Å²) in [5.41, 5.74) is 6.40. The maximum absolute atomic E-state index is 13.9. The van der Waals surface area contributed by atoms with Crippen LogP contribution in [0.5, 0.6) is 0 Å². The quantitative estimate of drug-likeness (QED) is 0.524. The monoisotopic (exact) mass is 470 g/mol. The van der Waals surface area contributed by atoms with Crippen LogP contribution in [-0.4, -0.2) is 57.8 Å². The summed E-state index contributed by atoms with van der Waals surface area (Å²) in [5.74, 6) is 1.16. The van der Waals surface area contributed by atoms with Crippen LogP contribution in [-0.2, 0) is 12.8 Å². The van der Waals surface area contributed by atoms with Crippen LogP contribution in [0, 0.1) is 6.92 Å². The van der Waals surface area contributed by atoms with Gasteiger partial charge in [0.2, 0.25) is 0 Å². The number of aromatic nitrogens is 3. The molecule has 1 aliphatic carbocycles. The Balaban J connectivity index is 1.32. The largest absolute Gasteiger partial charge is 0.354 e. The number of nitrogens with zero attached hydrogens (tertiary/aromatic N) is 6. The number of likely N-dealkylation sites (tertiary alicyclic amines) is 1. The van der Waals surface area contributed by atoms with Crippen LogP contribution < -0.4 is 4.90 Å². The lowest BCUT2D eigenvalue weighted by Gasteiger charge is -2.35. The molecule has 2 fully saturated rings. The van der Waals surface area contributed by atoms with E-state index in [-0.39, 0.29) is 18.0 Å². The summed E-state index contributed by atoms with van der Waals surface area (Å²) in [5, 5.41) is 4.92. The van der Waals surface area contributed by atoms with Gasteiger partial charge in [-0.2, -0.15) is 5.10 Å². The number of amides is 1. The molecule has 0 radical (unpaired) electrons. The van der Waals surface area contributed by atoms with E-state index in [0.29, 0.717) is 0 Å². The van der Waals surface area contributed by atoms with Crippen molar-refractivity contribution in [1.82, 2.24) is 19.5 Å². The highest BCUT2D eigenvalue weighted by Crippen LogP contribution is 2.34. The van der Waals surface area contributed by atoms with E-state index in [4.69, 9.17) is 10.1 Å². The Bertz CT molecular complexity index is 1280. The van der Waals surface area contributed by atoms with Crippen LogP contribution >= 0.6 is 0 Å². The zero-order chi connectivity index (χ0) is 23.9. The standard InChI is InChI=1S/C28H34N6O/c1-19-17-34-26(30-27(19)32-15-13-21(18-32)29-2)16-24(31-34)25-12-5-6-14-33(25)28(35)23-11-7-9-20-8-3-4-10-22(20)23/h7,9,11,16-17,21,25H,2-6,8,10,12-15,18H2,1H3. The molecule has 1 aromatic carbocycles. The number of carbonyl (C=O) groups is 1. The lowest BCUT2D eigenvalue weighted by atomic mass is 9.87. The third-order valence-corrected chi connectivity index (χ3v) is 8.08. The van der Waals surface area contributed by atoms with Crippen LogP contribution in [0.1, 0.15) is 77.3 Å². The van der Waals surface area contributed by atoms with Crippen LogP contribution in [0.2, 0.25) is 0 Å². The summed E-state index contributed by atoms with van der Waals surface area (Å²) >= 11 is 0. The second kappa shape index (κ2) is 9.10. The second-order valence-electron chi connectivity index (χ2n) is 10.4. The Kier molecular flexibility index (Phi) is 5.78. The van der Waals surface area contributed by atoms with Gasteiger partial charge < -0.3 is 9.80 Å². The van der Waals surface area contributed by atoms with Crippen molar-refractivity contribution in [3.8, 4) is 0 Å². The zero-order valence-corrected chi connectivity index (χ0v) is 20.6. The number of fused-ring (bicyclic) bond motifs is 2. The van der Waals surface area contributed by atoms with Crippen LogP contribution in [0.25, 0.3) is 5.65 Å². The van der Waals surface area contributed by atoms with E-state index >= 15 is 0 Å². The third kappa shape index (κ3) is 4.01. The molecule has 2 unspecified atom stereocenters. The molecule has 182 valence electrons. The van der Waals surface area contributed by atoms with Gasteiger partial charge in [-0.15, -0.1) is 0 Å². The maximum Gasteiger partial charge on any atom is 0.254 e. The number of hydrogen-bond acceptors (Lipinski definition) is 5. The fourth-order valence-electron chi connectivity index (χ4n) is 6.20. The van der Waals surface area contributed by atoms with Gasteiger partial charge in [0.1, 0.15) is 5.82 Å². The summed E-state index contributed by atoms with van der Waals surface area (Å²) < 4.78 is 1.88. The SMILES string of the molecule is C=NC1CCN(c2nc3cc(C4CCCCN4C(=O)c4cccc5c4CCCC5)nn3cc2C)C1. The van der Waals surface area contributed by atoms with Crippen LogP contribution in [0.3, 0.4) is 0 Å². The molecule has 2 aliphatic heterocycles. The number of anilines is 1. The fraction of sp³-hybridized carbons (Fsp3) is 0.500. The topological polar surface area (TPSA) is 66.1 Å². The summed E-state index contributed by atoms with van der Waals surface area (Å²) in [4.78, 5) is 27.5. The van der Waals surface area contributed by atoms with Crippen molar-refractivity contribution < 1.29 is 4.79 Å². The highest BCUT2D eigenvalue weighted by atomic mass is 16.2. The predicted octanol–water partition coefficient (Wildman–Crippen LogP) is 4.56. The summed E-state index contributed by atoms with van der Waals surface area (Å²) in [6.45, 7) is 8.40. The molecule has 7 nitrogen and oxygen atoms in total. The molecule has 3 aromatic rings. The van der Waals surface area contributed by atoms with Crippen molar-refractivity contribution in [3.05, 3.63) is 58.4 Å². The van der Waals surface area contributed by atoms with Crippen molar-refractivity contribution in [2.24, 2.45) is 4.99 Å². The van der Waals surface area contributed by atoms with Gasteiger partial charge in [-0.3, -0.25) is 9.79 Å². The molecule has 2 atom stereocenters. The third-order valence-electron chi connectivity index (χ3n) is 8.08. The Morgan fingerprint density at radius 1 is 1.11 bits per heavy atom. The van der Waals surface area contributed by atoms with E-state index in [2.05, 4.69) is 52.8 Å². The molecule has 6 rings (SSSR count). The van der Waals surface area contributed by atoms with E-state index < -0.39 is 0 Å². The Morgan fingerprint density at radius 2 is 2.00 bits per heavy atom. The molecule has 2 aromatic heterocycles.